The second kappa shape index (κ2) is 5.88. The molecule has 0 radical (unpaired) electrons. The average Bonchev–Trinajstić information content (AvgIpc) is 2.51. The Balaban J connectivity index is 1.65. The van der Waals surface area contributed by atoms with Gasteiger partial charge in [0.05, 0.1) is 18.4 Å². The fourth-order valence-corrected chi connectivity index (χ4v) is 2.92. The van der Waals surface area contributed by atoms with Crippen molar-refractivity contribution in [3.63, 3.8) is 0 Å². The molecule has 2 aromatic carbocycles. The Hall–Kier alpha value is -2.47. The van der Waals surface area contributed by atoms with Crippen LogP contribution in [0, 0.1) is 11.3 Å². The second-order valence-electron chi connectivity index (χ2n) is 5.41. The molecular formula is C18H18N2O. The van der Waals surface area contributed by atoms with Crippen LogP contribution < -0.4 is 10.1 Å². The van der Waals surface area contributed by atoms with Gasteiger partial charge in [0.25, 0.3) is 0 Å². The lowest BCUT2D eigenvalue weighted by Gasteiger charge is -2.37. The first-order chi connectivity index (χ1) is 10.3. The Kier molecular flexibility index (Phi) is 3.79. The van der Waals surface area contributed by atoms with Crippen LogP contribution in [0.1, 0.15) is 29.9 Å². The number of nitrogens with zero attached hydrogens (tertiary/aromatic N) is 1. The molecule has 0 saturated heterocycles. The van der Waals surface area contributed by atoms with Crippen LogP contribution in [0.2, 0.25) is 0 Å². The van der Waals surface area contributed by atoms with Crippen LogP contribution in [0.5, 0.6) is 5.75 Å². The highest BCUT2D eigenvalue weighted by molar-refractivity contribution is 5.58. The van der Waals surface area contributed by atoms with E-state index in [1.807, 2.05) is 36.4 Å². The maximum Gasteiger partial charge on any atom is 0.122 e. The van der Waals surface area contributed by atoms with Crippen LogP contribution in [-0.2, 0) is 0 Å². The molecule has 3 heteroatoms. The van der Waals surface area contributed by atoms with Crippen LogP contribution in [0.3, 0.4) is 0 Å². The van der Waals surface area contributed by atoms with Gasteiger partial charge in [-0.3, -0.25) is 0 Å². The molecule has 1 aliphatic carbocycles. The van der Waals surface area contributed by atoms with Gasteiger partial charge < -0.3 is 10.1 Å². The number of hydrogen-bond donors (Lipinski definition) is 1. The molecule has 0 bridgehead atoms. The molecule has 0 aromatic heterocycles. The topological polar surface area (TPSA) is 45.0 Å². The highest BCUT2D eigenvalue weighted by Gasteiger charge is 2.32. The molecule has 0 amide bonds. The molecule has 106 valence electrons. The third-order valence-electron chi connectivity index (χ3n) is 4.12. The van der Waals surface area contributed by atoms with Crippen LogP contribution >= 0.6 is 0 Å². The number of para-hydroxylation sites is 2. The molecule has 1 fully saturated rings. The minimum Gasteiger partial charge on any atom is -0.496 e. The number of anilines is 1. The summed E-state index contributed by atoms with van der Waals surface area (Å²) in [6.45, 7) is 0. The Labute approximate surface area is 125 Å². The summed E-state index contributed by atoms with van der Waals surface area (Å²) in [5.41, 5.74) is 2.92. The van der Waals surface area contributed by atoms with E-state index in [-0.39, 0.29) is 0 Å². The quantitative estimate of drug-likeness (QED) is 0.921. The summed E-state index contributed by atoms with van der Waals surface area (Å²) in [5, 5.41) is 12.6. The SMILES string of the molecule is COc1ccccc1C1CC(Nc2ccccc2C#N)C1. The van der Waals surface area contributed by atoms with Gasteiger partial charge in [-0.05, 0) is 42.5 Å². The average molecular weight is 278 g/mol. The summed E-state index contributed by atoms with van der Waals surface area (Å²) in [5.74, 6) is 1.51. The number of ether oxygens (including phenoxy) is 1. The molecule has 2 aromatic rings. The fourth-order valence-electron chi connectivity index (χ4n) is 2.92. The highest BCUT2D eigenvalue weighted by atomic mass is 16.5. The van der Waals surface area contributed by atoms with Crippen LogP contribution in [0.25, 0.3) is 0 Å². The minimum atomic E-state index is 0.425. The van der Waals surface area contributed by atoms with Gasteiger partial charge in [-0.25, -0.2) is 0 Å². The molecule has 0 heterocycles. The summed E-state index contributed by atoms with van der Waals surface area (Å²) >= 11 is 0. The summed E-state index contributed by atoms with van der Waals surface area (Å²) in [4.78, 5) is 0. The van der Waals surface area contributed by atoms with Gasteiger partial charge >= 0.3 is 0 Å². The number of rotatable bonds is 4. The molecule has 0 unspecified atom stereocenters. The van der Waals surface area contributed by atoms with Gasteiger partial charge in [0.15, 0.2) is 0 Å². The van der Waals surface area contributed by atoms with E-state index >= 15 is 0 Å². The maximum atomic E-state index is 9.11. The fraction of sp³-hybridized carbons (Fsp3) is 0.278. The largest absolute Gasteiger partial charge is 0.496 e. The monoisotopic (exact) mass is 278 g/mol. The van der Waals surface area contributed by atoms with Crippen LogP contribution in [-0.4, -0.2) is 13.2 Å². The van der Waals surface area contributed by atoms with Crippen molar-refractivity contribution < 1.29 is 4.74 Å². The molecule has 3 rings (SSSR count). The molecule has 0 spiro atoms. The highest BCUT2D eigenvalue weighted by Crippen LogP contribution is 2.42. The number of methoxy groups -OCH3 is 1. The number of nitriles is 1. The predicted molar refractivity (Wildman–Crippen MR) is 83.5 cm³/mol. The Morgan fingerprint density at radius 2 is 1.81 bits per heavy atom. The second-order valence-corrected chi connectivity index (χ2v) is 5.41. The van der Waals surface area contributed by atoms with E-state index in [0.29, 0.717) is 17.5 Å². The normalized spacial score (nSPS) is 20.2. The first-order valence-electron chi connectivity index (χ1n) is 7.20. The Morgan fingerprint density at radius 1 is 1.10 bits per heavy atom. The zero-order chi connectivity index (χ0) is 14.7. The molecule has 1 N–H and O–H groups in total. The number of nitrogens with one attached hydrogen (secondary N) is 1. The van der Waals surface area contributed by atoms with Crippen molar-refractivity contribution in [3.8, 4) is 11.8 Å². The van der Waals surface area contributed by atoms with Crippen molar-refractivity contribution in [2.75, 3.05) is 12.4 Å². The van der Waals surface area contributed by atoms with Crippen LogP contribution in [0.15, 0.2) is 48.5 Å². The third kappa shape index (κ3) is 2.71. The van der Waals surface area contributed by atoms with Gasteiger partial charge in [0, 0.05) is 6.04 Å². The first kappa shape index (κ1) is 13.5. The zero-order valence-corrected chi connectivity index (χ0v) is 12.0. The maximum absolute atomic E-state index is 9.11. The van der Waals surface area contributed by atoms with Crippen molar-refractivity contribution in [2.24, 2.45) is 0 Å². The van der Waals surface area contributed by atoms with Crippen molar-refractivity contribution in [1.82, 2.24) is 0 Å². The van der Waals surface area contributed by atoms with Gasteiger partial charge in [-0.1, -0.05) is 30.3 Å². The summed E-state index contributed by atoms with van der Waals surface area (Å²) in [6, 6.07) is 18.5. The Morgan fingerprint density at radius 3 is 2.57 bits per heavy atom. The first-order valence-corrected chi connectivity index (χ1v) is 7.20. The smallest absolute Gasteiger partial charge is 0.122 e. The van der Waals surface area contributed by atoms with E-state index in [2.05, 4.69) is 23.5 Å². The zero-order valence-electron chi connectivity index (χ0n) is 12.0. The summed E-state index contributed by atoms with van der Waals surface area (Å²) in [7, 11) is 1.72. The van der Waals surface area contributed by atoms with Crippen LogP contribution in [0.4, 0.5) is 5.69 Å². The standard InChI is InChI=1S/C18H18N2O/c1-21-18-9-5-3-7-16(18)14-10-15(11-14)20-17-8-4-2-6-13(17)12-19/h2-9,14-15,20H,10-11H2,1H3. The molecule has 1 aliphatic rings. The van der Waals surface area contributed by atoms with Gasteiger partial charge in [0.1, 0.15) is 11.8 Å². The van der Waals surface area contributed by atoms with Crippen molar-refractivity contribution in [1.29, 1.82) is 5.26 Å². The lowest BCUT2D eigenvalue weighted by molar-refractivity contribution is 0.350. The lowest BCUT2D eigenvalue weighted by atomic mass is 9.75. The number of benzene rings is 2. The van der Waals surface area contributed by atoms with Gasteiger partial charge in [0.2, 0.25) is 0 Å². The van der Waals surface area contributed by atoms with E-state index in [1.165, 1.54) is 5.56 Å². The molecule has 0 atom stereocenters. The van der Waals surface area contributed by atoms with Crippen molar-refractivity contribution in [2.45, 2.75) is 24.8 Å². The summed E-state index contributed by atoms with van der Waals surface area (Å²) < 4.78 is 5.43. The molecule has 3 nitrogen and oxygen atoms in total. The van der Waals surface area contributed by atoms with E-state index in [9.17, 15) is 0 Å². The van der Waals surface area contributed by atoms with Gasteiger partial charge in [-0.2, -0.15) is 5.26 Å². The van der Waals surface area contributed by atoms with E-state index in [1.54, 1.807) is 7.11 Å². The predicted octanol–water partition coefficient (Wildman–Crippen LogP) is 3.92. The molecule has 21 heavy (non-hydrogen) atoms. The van der Waals surface area contributed by atoms with E-state index in [0.717, 1.165) is 24.3 Å². The summed E-state index contributed by atoms with van der Waals surface area (Å²) in [6.07, 6.45) is 2.14. The Bertz CT molecular complexity index is 669. The van der Waals surface area contributed by atoms with Crippen molar-refractivity contribution >= 4 is 5.69 Å². The minimum absolute atomic E-state index is 0.425. The molecule has 1 saturated carbocycles. The van der Waals surface area contributed by atoms with E-state index in [4.69, 9.17) is 10.00 Å². The van der Waals surface area contributed by atoms with E-state index < -0.39 is 0 Å². The number of hydrogen-bond acceptors (Lipinski definition) is 3. The molecule has 0 aliphatic heterocycles. The van der Waals surface area contributed by atoms with Gasteiger partial charge in [-0.15, -0.1) is 0 Å². The van der Waals surface area contributed by atoms with Crippen molar-refractivity contribution in [3.05, 3.63) is 59.7 Å². The lowest BCUT2D eigenvalue weighted by Crippen LogP contribution is -2.34. The third-order valence-corrected chi connectivity index (χ3v) is 4.12. The molecular weight excluding hydrogens is 260 g/mol.